The molecule has 9 heteroatoms. The molecule has 5 fully saturated rings. The number of aliphatic hydroxyl groups excluding tert-OH is 1. The second-order valence-corrected chi connectivity index (χ2v) is 11.2. The maximum Gasteiger partial charge on any atom is 0.351 e. The Morgan fingerprint density at radius 2 is 1.35 bits per heavy atom. The molecule has 8 atom stereocenters. The molecule has 9 nitrogen and oxygen atoms in total. The maximum atomic E-state index is 13.6. The zero-order valence-electron chi connectivity index (χ0n) is 19.1. The third kappa shape index (κ3) is 2.61. The molecule has 3 saturated heterocycles. The molecule has 2 unspecified atom stereocenters. The summed E-state index contributed by atoms with van der Waals surface area (Å²) < 4.78 is 35.7. The first-order valence-electron chi connectivity index (χ1n) is 11.0. The van der Waals surface area contributed by atoms with Crippen molar-refractivity contribution < 1.29 is 43.1 Å². The fourth-order valence-electron chi connectivity index (χ4n) is 6.10. The summed E-state index contributed by atoms with van der Waals surface area (Å²) in [5.74, 6) is -2.94. The molecule has 0 aromatic carbocycles. The summed E-state index contributed by atoms with van der Waals surface area (Å²) in [4.78, 5) is 26.2. The first-order valence-corrected chi connectivity index (χ1v) is 11.0. The molecule has 3 heterocycles. The third-order valence-corrected chi connectivity index (χ3v) is 8.30. The fourth-order valence-corrected chi connectivity index (χ4v) is 6.10. The van der Waals surface area contributed by atoms with Crippen molar-refractivity contribution in [2.45, 2.75) is 115 Å². The van der Waals surface area contributed by atoms with Crippen LogP contribution in [0.5, 0.6) is 0 Å². The molecule has 0 spiro atoms. The highest BCUT2D eigenvalue weighted by atomic mass is 16.8. The van der Waals surface area contributed by atoms with Crippen molar-refractivity contribution in [3.63, 3.8) is 0 Å². The molecule has 5 aliphatic rings. The Labute approximate surface area is 181 Å². The number of hydrogen-bond acceptors (Lipinski definition) is 9. The van der Waals surface area contributed by atoms with E-state index >= 15 is 0 Å². The molecule has 2 bridgehead atoms. The van der Waals surface area contributed by atoms with E-state index in [4.69, 9.17) is 28.4 Å². The molecule has 2 saturated carbocycles. The zero-order valence-corrected chi connectivity index (χ0v) is 19.1. The Morgan fingerprint density at radius 1 is 0.871 bits per heavy atom. The van der Waals surface area contributed by atoms with Gasteiger partial charge in [0.25, 0.3) is 0 Å². The summed E-state index contributed by atoms with van der Waals surface area (Å²) in [6.45, 7) is 12.5. The highest BCUT2D eigenvalue weighted by Gasteiger charge is 2.77. The van der Waals surface area contributed by atoms with Crippen LogP contribution in [0.4, 0.5) is 0 Å². The molecular weight excluding hydrogens is 408 g/mol. The summed E-state index contributed by atoms with van der Waals surface area (Å²) in [5, 5.41) is 10.9. The third-order valence-electron chi connectivity index (χ3n) is 8.30. The van der Waals surface area contributed by atoms with Gasteiger partial charge < -0.3 is 33.5 Å². The van der Waals surface area contributed by atoms with Crippen LogP contribution in [0.3, 0.4) is 0 Å². The van der Waals surface area contributed by atoms with Gasteiger partial charge in [-0.05, 0) is 47.5 Å². The standard InChI is InChI=1S/C22H32O9/c1-18(2)21(7)8-9-22(18,31-16(21)24)17(25)26-13-14-11(27-19(3,4)29-14)10(23)12-15(13)30-20(5,6)28-12/h10-15,23H,8-9H2,1-7H3/t10?,11-,12+,13?,14-,15-,21+,22-/m1/s1. The van der Waals surface area contributed by atoms with Crippen molar-refractivity contribution in [1.29, 1.82) is 0 Å². The van der Waals surface area contributed by atoms with E-state index in [0.717, 1.165) is 0 Å². The van der Waals surface area contributed by atoms with Gasteiger partial charge in [-0.15, -0.1) is 0 Å². The normalized spacial score (nSPS) is 50.6. The second-order valence-electron chi connectivity index (χ2n) is 11.2. The molecule has 0 radical (unpaired) electrons. The Hall–Kier alpha value is -1.26. The van der Waals surface area contributed by atoms with Gasteiger partial charge in [-0.1, -0.05) is 13.8 Å². The summed E-state index contributed by atoms with van der Waals surface area (Å²) >= 11 is 0. The van der Waals surface area contributed by atoms with E-state index in [1.165, 1.54) is 0 Å². The SMILES string of the molecule is CC1(C)O[C@@H]2C(O)[C@@H]3OC(C)(C)O[C@H]3C(OC(=O)[C@@]34CC[C@@](C)(C(=O)O3)C4(C)C)[C@@H]2O1. The summed E-state index contributed by atoms with van der Waals surface area (Å²) in [5.41, 5.74) is -2.85. The van der Waals surface area contributed by atoms with Crippen LogP contribution in [-0.2, 0) is 38.0 Å². The van der Waals surface area contributed by atoms with Crippen LogP contribution in [0.1, 0.15) is 61.3 Å². The lowest BCUT2D eigenvalue weighted by atomic mass is 9.66. The van der Waals surface area contributed by atoms with Gasteiger partial charge in [0.05, 0.1) is 5.41 Å². The minimum atomic E-state index is -1.37. The molecule has 0 aromatic heterocycles. The topological polar surface area (TPSA) is 110 Å². The van der Waals surface area contributed by atoms with Crippen LogP contribution in [0, 0.1) is 10.8 Å². The van der Waals surface area contributed by atoms with Gasteiger partial charge in [-0.3, -0.25) is 4.79 Å². The molecule has 3 aliphatic heterocycles. The van der Waals surface area contributed by atoms with E-state index in [1.54, 1.807) is 27.7 Å². The number of carbonyl (C=O) groups is 2. The lowest BCUT2D eigenvalue weighted by Gasteiger charge is -2.42. The Kier molecular flexibility index (Phi) is 4.17. The molecule has 2 aliphatic carbocycles. The summed E-state index contributed by atoms with van der Waals surface area (Å²) in [6, 6.07) is 0. The Balaban J connectivity index is 1.48. The fraction of sp³-hybridized carbons (Fsp3) is 0.909. The van der Waals surface area contributed by atoms with Crippen molar-refractivity contribution in [2.75, 3.05) is 0 Å². The largest absolute Gasteiger partial charge is 0.454 e. The van der Waals surface area contributed by atoms with Gasteiger partial charge in [0, 0.05) is 5.41 Å². The molecule has 31 heavy (non-hydrogen) atoms. The number of hydrogen-bond donors (Lipinski definition) is 1. The Bertz CT molecular complexity index is 803. The van der Waals surface area contributed by atoms with Crippen LogP contribution in [0.25, 0.3) is 0 Å². The van der Waals surface area contributed by atoms with Gasteiger partial charge in [-0.2, -0.15) is 0 Å². The van der Waals surface area contributed by atoms with Crippen molar-refractivity contribution in [2.24, 2.45) is 10.8 Å². The van der Waals surface area contributed by atoms with Crippen molar-refractivity contribution >= 4 is 11.9 Å². The van der Waals surface area contributed by atoms with E-state index in [9.17, 15) is 14.7 Å². The molecule has 0 aromatic rings. The number of aliphatic hydroxyl groups is 1. The number of carbonyl (C=O) groups excluding carboxylic acids is 2. The van der Waals surface area contributed by atoms with Crippen LogP contribution in [0.15, 0.2) is 0 Å². The highest BCUT2D eigenvalue weighted by Crippen LogP contribution is 2.66. The summed E-state index contributed by atoms with van der Waals surface area (Å²) in [6.07, 6.45) is -3.98. The predicted molar refractivity (Wildman–Crippen MR) is 103 cm³/mol. The van der Waals surface area contributed by atoms with Crippen molar-refractivity contribution in [1.82, 2.24) is 0 Å². The lowest BCUT2D eigenvalue weighted by Crippen LogP contribution is -2.64. The van der Waals surface area contributed by atoms with Gasteiger partial charge in [-0.25, -0.2) is 4.79 Å². The van der Waals surface area contributed by atoms with Gasteiger partial charge in [0.15, 0.2) is 17.7 Å². The first-order chi connectivity index (χ1) is 14.1. The zero-order chi connectivity index (χ0) is 22.8. The second kappa shape index (κ2) is 5.99. The number of fused-ring (bicyclic) bond motifs is 4. The van der Waals surface area contributed by atoms with Crippen LogP contribution in [-0.4, -0.2) is 70.8 Å². The molecule has 5 rings (SSSR count). The first kappa shape index (κ1) is 21.6. The van der Waals surface area contributed by atoms with Crippen molar-refractivity contribution in [3.8, 4) is 0 Å². The number of rotatable bonds is 2. The van der Waals surface area contributed by atoms with Crippen molar-refractivity contribution in [3.05, 3.63) is 0 Å². The molecule has 174 valence electrons. The minimum absolute atomic E-state index is 0.376. The van der Waals surface area contributed by atoms with E-state index < -0.39 is 70.6 Å². The number of ether oxygens (including phenoxy) is 6. The summed E-state index contributed by atoms with van der Waals surface area (Å²) in [7, 11) is 0. The highest BCUT2D eigenvalue weighted by molar-refractivity contribution is 5.93. The van der Waals surface area contributed by atoms with Crippen LogP contribution >= 0.6 is 0 Å². The Morgan fingerprint density at radius 3 is 1.77 bits per heavy atom. The van der Waals surface area contributed by atoms with E-state index in [1.807, 2.05) is 20.8 Å². The lowest BCUT2D eigenvalue weighted by molar-refractivity contribution is -0.213. The van der Waals surface area contributed by atoms with E-state index in [-0.39, 0.29) is 5.97 Å². The smallest absolute Gasteiger partial charge is 0.351 e. The average molecular weight is 440 g/mol. The molecule has 1 N–H and O–H groups in total. The van der Waals surface area contributed by atoms with E-state index in [2.05, 4.69) is 0 Å². The van der Waals surface area contributed by atoms with Gasteiger partial charge in [0.1, 0.15) is 30.5 Å². The maximum absolute atomic E-state index is 13.6. The monoisotopic (exact) mass is 440 g/mol. The quantitative estimate of drug-likeness (QED) is 0.638. The van der Waals surface area contributed by atoms with Gasteiger partial charge in [0.2, 0.25) is 5.60 Å². The van der Waals surface area contributed by atoms with Gasteiger partial charge >= 0.3 is 11.9 Å². The minimum Gasteiger partial charge on any atom is -0.454 e. The van der Waals surface area contributed by atoms with Crippen LogP contribution < -0.4 is 0 Å². The molecule has 0 amide bonds. The predicted octanol–water partition coefficient (Wildman–Crippen LogP) is 1.43. The van der Waals surface area contributed by atoms with Crippen LogP contribution in [0.2, 0.25) is 0 Å². The van der Waals surface area contributed by atoms with E-state index in [0.29, 0.717) is 12.8 Å². The average Bonchev–Trinajstić information content (AvgIpc) is 3.25. The molecular formula is C22H32O9. The number of esters is 2.